The number of para-hydroxylation sites is 2. The number of benzene rings is 4. The first-order chi connectivity index (χ1) is 18.7. The maximum absolute atomic E-state index is 13.1. The van der Waals surface area contributed by atoms with Crippen LogP contribution in [0, 0.1) is 0 Å². The van der Waals surface area contributed by atoms with Gasteiger partial charge in [-0.15, -0.1) is 0 Å². The molecule has 0 fully saturated rings. The Morgan fingerprint density at radius 1 is 0.872 bits per heavy atom. The van der Waals surface area contributed by atoms with Crippen LogP contribution in [0.2, 0.25) is 10.0 Å². The van der Waals surface area contributed by atoms with E-state index in [0.717, 1.165) is 0 Å². The van der Waals surface area contributed by atoms with Crippen LogP contribution in [0.15, 0.2) is 102 Å². The Balaban J connectivity index is 1.41. The molecule has 0 radical (unpaired) electrons. The molecule has 202 valence electrons. The molecule has 0 aliphatic rings. The van der Waals surface area contributed by atoms with E-state index in [9.17, 15) is 18.3 Å². The highest BCUT2D eigenvalue weighted by molar-refractivity contribution is 7.92. The number of rotatable bonds is 11. The van der Waals surface area contributed by atoms with E-state index < -0.39 is 22.0 Å². The van der Waals surface area contributed by atoms with Gasteiger partial charge in [0.15, 0.2) is 0 Å². The van der Waals surface area contributed by atoms with Crippen molar-refractivity contribution < 1.29 is 27.8 Å². The van der Waals surface area contributed by atoms with Crippen molar-refractivity contribution in [2.75, 3.05) is 17.9 Å². The second-order valence-corrected chi connectivity index (χ2v) is 10.8. The molecule has 0 aliphatic heterocycles. The van der Waals surface area contributed by atoms with Crippen molar-refractivity contribution >= 4 is 44.8 Å². The zero-order valence-electron chi connectivity index (χ0n) is 20.4. The van der Waals surface area contributed by atoms with Gasteiger partial charge in [-0.3, -0.25) is 9.52 Å². The zero-order valence-corrected chi connectivity index (χ0v) is 22.7. The summed E-state index contributed by atoms with van der Waals surface area (Å²) < 4.78 is 39.8. The first-order valence-corrected chi connectivity index (χ1v) is 13.9. The maximum Gasteiger partial charge on any atom is 0.261 e. The SMILES string of the molecule is O=C(NC[C@H](O)COc1ccccc1)c1cc(Cl)ccc1NS(=O)(=O)c1ccc(Oc2ccccc2Cl)cc1. The van der Waals surface area contributed by atoms with Gasteiger partial charge in [-0.2, -0.15) is 0 Å². The highest BCUT2D eigenvalue weighted by Gasteiger charge is 2.20. The van der Waals surface area contributed by atoms with Crippen molar-refractivity contribution in [1.82, 2.24) is 5.32 Å². The van der Waals surface area contributed by atoms with Gasteiger partial charge < -0.3 is 19.9 Å². The predicted octanol–water partition coefficient (Wildman–Crippen LogP) is 5.76. The smallest absolute Gasteiger partial charge is 0.261 e. The molecule has 0 saturated carbocycles. The van der Waals surface area contributed by atoms with Crippen LogP contribution < -0.4 is 19.5 Å². The molecular formula is C28H24Cl2N2O6S. The van der Waals surface area contributed by atoms with E-state index in [1.807, 2.05) is 6.07 Å². The lowest BCUT2D eigenvalue weighted by Crippen LogP contribution is -2.35. The summed E-state index contributed by atoms with van der Waals surface area (Å²) in [6.45, 7) is -0.174. The van der Waals surface area contributed by atoms with E-state index in [1.54, 1.807) is 48.5 Å². The van der Waals surface area contributed by atoms with Gasteiger partial charge in [0.05, 0.1) is 21.2 Å². The van der Waals surface area contributed by atoms with Crippen molar-refractivity contribution in [1.29, 1.82) is 0 Å². The Hall–Kier alpha value is -3.76. The molecule has 4 aromatic rings. The molecule has 0 aliphatic carbocycles. The Morgan fingerprint density at radius 3 is 2.28 bits per heavy atom. The molecule has 1 amide bonds. The average molecular weight is 587 g/mol. The number of aliphatic hydroxyl groups is 1. The number of carbonyl (C=O) groups is 1. The molecule has 0 heterocycles. The summed E-state index contributed by atoms with van der Waals surface area (Å²) in [4.78, 5) is 12.8. The fraction of sp³-hybridized carbons (Fsp3) is 0.107. The molecule has 4 rings (SSSR count). The Labute approximate surface area is 236 Å². The van der Waals surface area contributed by atoms with Gasteiger partial charge in [-0.05, 0) is 66.7 Å². The number of aliphatic hydroxyl groups excluding tert-OH is 1. The molecule has 0 aromatic heterocycles. The van der Waals surface area contributed by atoms with E-state index in [1.165, 1.54) is 42.5 Å². The average Bonchev–Trinajstić information content (AvgIpc) is 2.93. The number of hydrogen-bond acceptors (Lipinski definition) is 6. The van der Waals surface area contributed by atoms with Gasteiger partial charge in [0.25, 0.3) is 15.9 Å². The number of amides is 1. The fourth-order valence-corrected chi connectivity index (χ4v) is 4.84. The molecule has 0 unspecified atom stereocenters. The maximum atomic E-state index is 13.1. The molecule has 8 nitrogen and oxygen atoms in total. The molecule has 0 saturated heterocycles. The van der Waals surface area contributed by atoms with Crippen molar-refractivity contribution in [3.8, 4) is 17.2 Å². The monoisotopic (exact) mass is 586 g/mol. The highest BCUT2D eigenvalue weighted by atomic mass is 35.5. The first kappa shape index (κ1) is 28.3. The lowest BCUT2D eigenvalue weighted by Gasteiger charge is -2.16. The molecule has 0 spiro atoms. The Morgan fingerprint density at radius 2 is 1.56 bits per heavy atom. The highest BCUT2D eigenvalue weighted by Crippen LogP contribution is 2.30. The number of nitrogens with one attached hydrogen (secondary N) is 2. The molecule has 11 heteroatoms. The van der Waals surface area contributed by atoms with Crippen LogP contribution in [0.3, 0.4) is 0 Å². The summed E-state index contributed by atoms with van der Waals surface area (Å²) in [5, 5.41) is 13.4. The topological polar surface area (TPSA) is 114 Å². The quantitative estimate of drug-likeness (QED) is 0.206. The number of sulfonamides is 1. The normalized spacial score (nSPS) is 11.9. The van der Waals surface area contributed by atoms with E-state index in [0.29, 0.717) is 22.3 Å². The molecule has 0 bridgehead atoms. The van der Waals surface area contributed by atoms with Crippen LogP contribution in [0.4, 0.5) is 5.69 Å². The largest absolute Gasteiger partial charge is 0.491 e. The van der Waals surface area contributed by atoms with Gasteiger partial charge in [0.2, 0.25) is 0 Å². The summed E-state index contributed by atoms with van der Waals surface area (Å²) >= 11 is 12.2. The van der Waals surface area contributed by atoms with Crippen LogP contribution >= 0.6 is 23.2 Å². The summed E-state index contributed by atoms with van der Waals surface area (Å²) in [6.07, 6.45) is -1.00. The minimum Gasteiger partial charge on any atom is -0.491 e. The van der Waals surface area contributed by atoms with E-state index in [4.69, 9.17) is 32.7 Å². The summed E-state index contributed by atoms with van der Waals surface area (Å²) in [5.41, 5.74) is 0.00393. The number of ether oxygens (including phenoxy) is 2. The fourth-order valence-electron chi connectivity index (χ4n) is 3.41. The van der Waals surface area contributed by atoms with Crippen molar-refractivity contribution in [3.63, 3.8) is 0 Å². The lowest BCUT2D eigenvalue weighted by molar-refractivity contribution is 0.0844. The number of carbonyl (C=O) groups excluding carboxylic acids is 1. The van der Waals surface area contributed by atoms with Crippen molar-refractivity contribution in [2.45, 2.75) is 11.0 Å². The lowest BCUT2D eigenvalue weighted by atomic mass is 10.1. The minimum atomic E-state index is -4.07. The van der Waals surface area contributed by atoms with E-state index >= 15 is 0 Å². The van der Waals surface area contributed by atoms with E-state index in [2.05, 4.69) is 10.0 Å². The molecule has 3 N–H and O–H groups in total. The van der Waals surface area contributed by atoms with Gasteiger partial charge in [0, 0.05) is 11.6 Å². The van der Waals surface area contributed by atoms with Crippen LogP contribution in [0.25, 0.3) is 0 Å². The number of hydrogen-bond donors (Lipinski definition) is 3. The number of halogens is 2. The second kappa shape index (κ2) is 12.9. The van der Waals surface area contributed by atoms with Crippen LogP contribution in [0.1, 0.15) is 10.4 Å². The number of anilines is 1. The third-order valence-electron chi connectivity index (χ3n) is 5.35. The molecule has 4 aromatic carbocycles. The van der Waals surface area contributed by atoms with Crippen molar-refractivity contribution in [3.05, 3.63) is 113 Å². The van der Waals surface area contributed by atoms with Gasteiger partial charge in [-0.1, -0.05) is 53.5 Å². The first-order valence-electron chi connectivity index (χ1n) is 11.7. The van der Waals surface area contributed by atoms with Crippen LogP contribution in [0.5, 0.6) is 17.2 Å². The standard InChI is InChI=1S/C28H24Cl2N2O6S/c29-19-10-15-26(24(16-19)28(34)31-17-20(33)18-37-21-6-2-1-3-7-21)32-39(35,36)23-13-11-22(12-14-23)38-27-9-5-4-8-25(27)30/h1-16,20,32-33H,17-18H2,(H,31,34)/t20-/m0/s1. The van der Waals surface area contributed by atoms with Gasteiger partial charge >= 0.3 is 0 Å². The van der Waals surface area contributed by atoms with Gasteiger partial charge in [-0.25, -0.2) is 8.42 Å². The predicted molar refractivity (Wildman–Crippen MR) is 151 cm³/mol. The van der Waals surface area contributed by atoms with Crippen LogP contribution in [-0.2, 0) is 10.0 Å². The minimum absolute atomic E-state index is 0.0130. The molecular weight excluding hydrogens is 563 g/mol. The summed E-state index contributed by atoms with van der Waals surface area (Å²) in [6, 6.07) is 25.7. The summed E-state index contributed by atoms with van der Waals surface area (Å²) in [5.74, 6) is 0.778. The molecule has 1 atom stereocenters. The Kier molecular flexibility index (Phi) is 9.32. The van der Waals surface area contributed by atoms with E-state index in [-0.39, 0.29) is 34.3 Å². The zero-order chi connectivity index (χ0) is 27.8. The molecule has 39 heavy (non-hydrogen) atoms. The van der Waals surface area contributed by atoms with Crippen LogP contribution in [-0.4, -0.2) is 38.7 Å². The van der Waals surface area contributed by atoms with Crippen molar-refractivity contribution in [2.24, 2.45) is 0 Å². The Bertz CT molecular complexity index is 1530. The van der Waals surface area contributed by atoms with Gasteiger partial charge in [0.1, 0.15) is 30.0 Å². The third kappa shape index (κ3) is 7.87. The third-order valence-corrected chi connectivity index (χ3v) is 7.28. The second-order valence-electron chi connectivity index (χ2n) is 8.29. The summed E-state index contributed by atoms with van der Waals surface area (Å²) in [7, 11) is -4.07.